The molecule has 0 fully saturated rings. The zero-order valence-corrected chi connectivity index (χ0v) is 7.81. The van der Waals surface area contributed by atoms with Gasteiger partial charge in [-0.25, -0.2) is 0 Å². The van der Waals surface area contributed by atoms with E-state index in [0.717, 1.165) is 5.56 Å². The Kier molecular flexibility index (Phi) is 4.47. The molecule has 0 atom stereocenters. The van der Waals surface area contributed by atoms with Crippen LogP contribution in [0.5, 0.6) is 0 Å². The largest absolute Gasteiger partial charge is 0.497 e. The van der Waals surface area contributed by atoms with Crippen molar-refractivity contribution in [2.24, 2.45) is 0 Å². The number of ether oxygens (including phenoxy) is 1. The summed E-state index contributed by atoms with van der Waals surface area (Å²) in [5, 5.41) is 0. The van der Waals surface area contributed by atoms with Crippen molar-refractivity contribution in [3.8, 4) is 0 Å². The maximum absolute atomic E-state index is 5.21. The first kappa shape index (κ1) is 9.59. The van der Waals surface area contributed by atoms with Crippen molar-refractivity contribution in [3.05, 3.63) is 54.3 Å². The minimum atomic E-state index is 0.639. The number of hydrogen-bond acceptors (Lipinski definition) is 1. The molecule has 1 heteroatoms. The highest BCUT2D eigenvalue weighted by Gasteiger charge is 1.81. The van der Waals surface area contributed by atoms with Crippen LogP contribution in [0.2, 0.25) is 0 Å². The van der Waals surface area contributed by atoms with E-state index in [2.05, 4.69) is 0 Å². The van der Waals surface area contributed by atoms with E-state index < -0.39 is 0 Å². The van der Waals surface area contributed by atoms with Gasteiger partial charge in [0.05, 0.1) is 6.26 Å². The highest BCUT2D eigenvalue weighted by Crippen LogP contribution is 2.00. The number of benzene rings is 1. The third-order valence-corrected chi connectivity index (χ3v) is 1.58. The summed E-state index contributed by atoms with van der Waals surface area (Å²) < 4.78 is 5.21. The lowest BCUT2D eigenvalue weighted by atomic mass is 10.2. The Hall–Kier alpha value is -1.50. The summed E-state index contributed by atoms with van der Waals surface area (Å²) in [5.74, 6) is 0. The lowest BCUT2D eigenvalue weighted by molar-refractivity contribution is 0.292. The van der Waals surface area contributed by atoms with E-state index in [1.165, 1.54) is 0 Å². The average Bonchev–Trinajstić information content (AvgIpc) is 2.19. The predicted molar refractivity (Wildman–Crippen MR) is 56.2 cm³/mol. The SMILES string of the molecule is CC=CCOC=Cc1ccccc1. The Morgan fingerprint density at radius 3 is 2.69 bits per heavy atom. The molecule has 0 unspecified atom stereocenters. The smallest absolute Gasteiger partial charge is 0.105 e. The van der Waals surface area contributed by atoms with Crippen molar-refractivity contribution in [1.29, 1.82) is 0 Å². The Morgan fingerprint density at radius 1 is 1.23 bits per heavy atom. The quantitative estimate of drug-likeness (QED) is 0.387. The lowest BCUT2D eigenvalue weighted by Crippen LogP contribution is -1.79. The minimum Gasteiger partial charge on any atom is -0.497 e. The Labute approximate surface area is 79.4 Å². The fourth-order valence-corrected chi connectivity index (χ4v) is 0.898. The molecule has 0 aliphatic rings. The van der Waals surface area contributed by atoms with Crippen LogP contribution in [0.25, 0.3) is 6.08 Å². The fourth-order valence-electron chi connectivity index (χ4n) is 0.898. The first-order valence-electron chi connectivity index (χ1n) is 4.38. The third kappa shape index (κ3) is 4.16. The molecule has 1 nitrogen and oxygen atoms in total. The number of rotatable bonds is 4. The van der Waals surface area contributed by atoms with Crippen LogP contribution in [-0.2, 0) is 4.74 Å². The van der Waals surface area contributed by atoms with Gasteiger partial charge in [0.15, 0.2) is 0 Å². The molecule has 0 aliphatic carbocycles. The number of hydrogen-bond donors (Lipinski definition) is 0. The second kappa shape index (κ2) is 6.06. The maximum atomic E-state index is 5.21. The van der Waals surface area contributed by atoms with Crippen LogP contribution in [0, 0.1) is 0 Å². The van der Waals surface area contributed by atoms with E-state index in [1.54, 1.807) is 6.26 Å². The zero-order valence-electron chi connectivity index (χ0n) is 7.81. The Balaban J connectivity index is 2.32. The van der Waals surface area contributed by atoms with Crippen LogP contribution >= 0.6 is 0 Å². The van der Waals surface area contributed by atoms with E-state index in [4.69, 9.17) is 4.74 Å². The van der Waals surface area contributed by atoms with Gasteiger partial charge < -0.3 is 4.74 Å². The molecule has 1 aromatic carbocycles. The van der Waals surface area contributed by atoms with Crippen molar-refractivity contribution in [1.82, 2.24) is 0 Å². The monoisotopic (exact) mass is 174 g/mol. The summed E-state index contributed by atoms with van der Waals surface area (Å²) in [4.78, 5) is 0. The van der Waals surface area contributed by atoms with Gasteiger partial charge in [-0.1, -0.05) is 42.5 Å². The van der Waals surface area contributed by atoms with Gasteiger partial charge in [-0.2, -0.15) is 0 Å². The first-order valence-corrected chi connectivity index (χ1v) is 4.38. The van der Waals surface area contributed by atoms with Crippen LogP contribution < -0.4 is 0 Å². The van der Waals surface area contributed by atoms with Crippen LogP contribution in [0.4, 0.5) is 0 Å². The molecule has 0 spiro atoms. The first-order chi connectivity index (χ1) is 6.43. The van der Waals surface area contributed by atoms with Gasteiger partial charge in [-0.3, -0.25) is 0 Å². The molecular formula is C12H14O. The molecule has 0 bridgehead atoms. The molecule has 1 rings (SSSR count). The molecule has 0 aromatic heterocycles. The average molecular weight is 174 g/mol. The summed E-state index contributed by atoms with van der Waals surface area (Å²) in [7, 11) is 0. The van der Waals surface area contributed by atoms with Crippen molar-refractivity contribution < 1.29 is 4.74 Å². The molecule has 1 aromatic rings. The van der Waals surface area contributed by atoms with Crippen molar-refractivity contribution >= 4 is 6.08 Å². The standard InChI is InChI=1S/C12H14O/c1-2-3-10-13-11-9-12-7-5-4-6-8-12/h2-9,11H,10H2,1H3. The number of allylic oxidation sites excluding steroid dienone is 1. The van der Waals surface area contributed by atoms with E-state index in [-0.39, 0.29) is 0 Å². The normalized spacial score (nSPS) is 11.2. The predicted octanol–water partition coefficient (Wildman–Crippen LogP) is 3.25. The van der Waals surface area contributed by atoms with Gasteiger partial charge in [-0.05, 0) is 18.6 Å². The molecule has 0 radical (unpaired) electrons. The maximum Gasteiger partial charge on any atom is 0.105 e. The topological polar surface area (TPSA) is 9.23 Å². The molecule has 0 aliphatic heterocycles. The van der Waals surface area contributed by atoms with Crippen molar-refractivity contribution in [3.63, 3.8) is 0 Å². The fraction of sp³-hybridized carbons (Fsp3) is 0.167. The van der Waals surface area contributed by atoms with Gasteiger partial charge in [-0.15, -0.1) is 0 Å². The second-order valence-corrected chi connectivity index (χ2v) is 2.62. The van der Waals surface area contributed by atoms with Crippen LogP contribution in [0.3, 0.4) is 0 Å². The lowest BCUT2D eigenvalue weighted by Gasteiger charge is -1.94. The van der Waals surface area contributed by atoms with E-state index in [9.17, 15) is 0 Å². The van der Waals surface area contributed by atoms with Gasteiger partial charge >= 0.3 is 0 Å². The van der Waals surface area contributed by atoms with E-state index in [1.807, 2.05) is 55.5 Å². The van der Waals surface area contributed by atoms with Gasteiger partial charge in [0.1, 0.15) is 6.61 Å². The van der Waals surface area contributed by atoms with Crippen molar-refractivity contribution in [2.75, 3.05) is 6.61 Å². The summed E-state index contributed by atoms with van der Waals surface area (Å²) in [5.41, 5.74) is 1.16. The highest BCUT2D eigenvalue weighted by molar-refractivity contribution is 5.47. The Morgan fingerprint density at radius 2 is 2.00 bits per heavy atom. The minimum absolute atomic E-state index is 0.639. The van der Waals surface area contributed by atoms with E-state index >= 15 is 0 Å². The molecule has 0 N–H and O–H groups in total. The highest BCUT2D eigenvalue weighted by atomic mass is 16.5. The van der Waals surface area contributed by atoms with Gasteiger partial charge in [0.2, 0.25) is 0 Å². The van der Waals surface area contributed by atoms with Crippen molar-refractivity contribution in [2.45, 2.75) is 6.92 Å². The molecule has 0 amide bonds. The summed E-state index contributed by atoms with van der Waals surface area (Å²) in [6.07, 6.45) is 7.60. The van der Waals surface area contributed by atoms with Crippen LogP contribution in [0.15, 0.2) is 48.7 Å². The molecular weight excluding hydrogens is 160 g/mol. The summed E-state index contributed by atoms with van der Waals surface area (Å²) in [6.45, 7) is 2.62. The Bertz CT molecular complexity index is 272. The second-order valence-electron chi connectivity index (χ2n) is 2.62. The molecule has 68 valence electrons. The molecule has 0 saturated carbocycles. The molecule has 0 saturated heterocycles. The summed E-state index contributed by atoms with van der Waals surface area (Å²) >= 11 is 0. The van der Waals surface area contributed by atoms with Crippen LogP contribution in [-0.4, -0.2) is 6.61 Å². The summed E-state index contributed by atoms with van der Waals surface area (Å²) in [6, 6.07) is 10.1. The molecule has 13 heavy (non-hydrogen) atoms. The van der Waals surface area contributed by atoms with Crippen LogP contribution in [0.1, 0.15) is 12.5 Å². The molecule has 0 heterocycles. The van der Waals surface area contributed by atoms with Gasteiger partial charge in [0.25, 0.3) is 0 Å². The zero-order chi connectivity index (χ0) is 9.36. The third-order valence-electron chi connectivity index (χ3n) is 1.58. The van der Waals surface area contributed by atoms with E-state index in [0.29, 0.717) is 6.61 Å². The van der Waals surface area contributed by atoms with Gasteiger partial charge in [0, 0.05) is 0 Å².